The molecule has 7 heteroatoms. The number of methoxy groups -OCH3 is 1. The number of benzene rings is 1. The van der Waals surface area contributed by atoms with Crippen molar-refractivity contribution in [3.8, 4) is 5.75 Å². The fraction of sp³-hybridized carbons (Fsp3) is 0.429. The molecular formula is C14H18O6S. The van der Waals surface area contributed by atoms with Crippen LogP contribution in [0.15, 0.2) is 18.2 Å². The summed E-state index contributed by atoms with van der Waals surface area (Å²) in [6, 6.07) is 4.61. The minimum absolute atomic E-state index is 0.176. The fourth-order valence-electron chi connectivity index (χ4n) is 1.73. The van der Waals surface area contributed by atoms with Gasteiger partial charge in [-0.25, -0.2) is 8.42 Å². The van der Waals surface area contributed by atoms with Crippen molar-refractivity contribution in [2.24, 2.45) is 0 Å². The second kappa shape index (κ2) is 7.21. The number of esters is 1. The van der Waals surface area contributed by atoms with Crippen LogP contribution in [0.25, 0.3) is 0 Å². The van der Waals surface area contributed by atoms with E-state index in [2.05, 4.69) is 4.74 Å². The summed E-state index contributed by atoms with van der Waals surface area (Å²) in [5, 5.41) is 0. The van der Waals surface area contributed by atoms with E-state index in [-0.39, 0.29) is 5.78 Å². The Kier molecular flexibility index (Phi) is 5.90. The van der Waals surface area contributed by atoms with Crippen LogP contribution in [0.2, 0.25) is 0 Å². The number of ketones is 1. The molecule has 0 aliphatic rings. The molecule has 0 saturated heterocycles. The average Bonchev–Trinajstić information content (AvgIpc) is 2.39. The maximum Gasteiger partial charge on any atom is 0.320 e. The summed E-state index contributed by atoms with van der Waals surface area (Å²) < 4.78 is 33.6. The number of sulfone groups is 1. The Morgan fingerprint density at radius 1 is 1.24 bits per heavy atom. The zero-order chi connectivity index (χ0) is 16.0. The number of rotatable bonds is 7. The molecule has 1 aromatic rings. The van der Waals surface area contributed by atoms with E-state index in [1.807, 2.05) is 0 Å². The van der Waals surface area contributed by atoms with Gasteiger partial charge in [-0.2, -0.15) is 0 Å². The molecule has 0 bridgehead atoms. The Labute approximate surface area is 124 Å². The number of ether oxygens (including phenoxy) is 2. The van der Waals surface area contributed by atoms with Gasteiger partial charge in [-0.15, -0.1) is 0 Å². The van der Waals surface area contributed by atoms with Gasteiger partial charge in [0.15, 0.2) is 15.6 Å². The quantitative estimate of drug-likeness (QED) is 0.558. The molecule has 0 fully saturated rings. The summed E-state index contributed by atoms with van der Waals surface area (Å²) >= 11 is 0. The van der Waals surface area contributed by atoms with Crippen LogP contribution < -0.4 is 4.74 Å². The SMILES string of the molecule is CCOc1ccc(C(C)=O)cc1CS(=O)(=O)CC(=O)OC. The topological polar surface area (TPSA) is 86.7 Å². The zero-order valence-corrected chi connectivity index (χ0v) is 13.0. The summed E-state index contributed by atoms with van der Waals surface area (Å²) in [6.07, 6.45) is 0. The lowest BCUT2D eigenvalue weighted by molar-refractivity contribution is -0.137. The highest BCUT2D eigenvalue weighted by Gasteiger charge is 2.20. The minimum Gasteiger partial charge on any atom is -0.494 e. The van der Waals surface area contributed by atoms with Crippen molar-refractivity contribution < 1.29 is 27.5 Å². The highest BCUT2D eigenvalue weighted by atomic mass is 32.2. The van der Waals surface area contributed by atoms with Crippen molar-refractivity contribution in [3.05, 3.63) is 29.3 Å². The first-order valence-corrected chi connectivity index (χ1v) is 8.15. The molecule has 0 aliphatic carbocycles. The molecule has 0 atom stereocenters. The van der Waals surface area contributed by atoms with Crippen LogP contribution in [-0.2, 0) is 25.1 Å². The normalized spacial score (nSPS) is 11.0. The van der Waals surface area contributed by atoms with E-state index in [1.54, 1.807) is 19.1 Å². The second-order valence-electron chi connectivity index (χ2n) is 4.42. The van der Waals surface area contributed by atoms with Crippen LogP contribution in [0.4, 0.5) is 0 Å². The van der Waals surface area contributed by atoms with Gasteiger partial charge in [-0.1, -0.05) is 0 Å². The Morgan fingerprint density at radius 3 is 2.43 bits per heavy atom. The first-order valence-electron chi connectivity index (χ1n) is 6.33. The summed E-state index contributed by atoms with van der Waals surface area (Å²) in [4.78, 5) is 22.5. The second-order valence-corrected chi connectivity index (χ2v) is 6.48. The highest BCUT2D eigenvalue weighted by Crippen LogP contribution is 2.23. The van der Waals surface area contributed by atoms with Crippen LogP contribution in [0.3, 0.4) is 0 Å². The zero-order valence-electron chi connectivity index (χ0n) is 12.2. The van der Waals surface area contributed by atoms with Gasteiger partial charge in [0.05, 0.1) is 19.5 Å². The largest absolute Gasteiger partial charge is 0.494 e. The smallest absolute Gasteiger partial charge is 0.320 e. The fourth-order valence-corrected chi connectivity index (χ4v) is 3.01. The first-order chi connectivity index (χ1) is 9.79. The van der Waals surface area contributed by atoms with Crippen molar-refractivity contribution in [1.29, 1.82) is 0 Å². The predicted octanol–water partition coefficient (Wildman–Crippen LogP) is 1.38. The van der Waals surface area contributed by atoms with Crippen molar-refractivity contribution in [2.45, 2.75) is 19.6 Å². The monoisotopic (exact) mass is 314 g/mol. The number of Topliss-reactive ketones (excluding diaryl/α,β-unsaturated/α-hetero) is 1. The Balaban J connectivity index is 3.11. The molecule has 0 heterocycles. The van der Waals surface area contributed by atoms with E-state index in [4.69, 9.17) is 4.74 Å². The molecule has 0 aromatic heterocycles. The van der Waals surface area contributed by atoms with E-state index in [0.717, 1.165) is 7.11 Å². The number of hydrogen-bond acceptors (Lipinski definition) is 6. The Bertz CT molecular complexity index is 633. The summed E-state index contributed by atoms with van der Waals surface area (Å²) in [5.74, 6) is -1.71. The van der Waals surface area contributed by atoms with Crippen LogP contribution >= 0.6 is 0 Å². The van der Waals surface area contributed by atoms with Gasteiger partial charge in [0.25, 0.3) is 0 Å². The van der Waals surface area contributed by atoms with Crippen LogP contribution in [0.5, 0.6) is 5.75 Å². The standard InChI is InChI=1S/C14H18O6S/c1-4-20-13-6-5-11(10(2)15)7-12(13)8-21(17,18)9-14(16)19-3/h5-7H,4,8-9H2,1-3H3. The third-order valence-electron chi connectivity index (χ3n) is 2.71. The lowest BCUT2D eigenvalue weighted by atomic mass is 10.1. The molecule has 1 aromatic carbocycles. The molecule has 0 radical (unpaired) electrons. The minimum atomic E-state index is -3.70. The number of carbonyl (C=O) groups is 2. The van der Waals surface area contributed by atoms with Crippen LogP contribution in [0.1, 0.15) is 29.8 Å². The molecule has 6 nitrogen and oxygen atoms in total. The van der Waals surface area contributed by atoms with Crippen molar-refractivity contribution in [3.63, 3.8) is 0 Å². The average molecular weight is 314 g/mol. The third-order valence-corrected chi connectivity index (χ3v) is 4.13. The molecule has 21 heavy (non-hydrogen) atoms. The molecule has 0 N–H and O–H groups in total. The number of hydrogen-bond donors (Lipinski definition) is 0. The molecule has 0 aliphatic heterocycles. The van der Waals surface area contributed by atoms with Crippen molar-refractivity contribution >= 4 is 21.6 Å². The Hall–Kier alpha value is -1.89. The van der Waals surface area contributed by atoms with Gasteiger partial charge < -0.3 is 9.47 Å². The lowest BCUT2D eigenvalue weighted by Crippen LogP contribution is -2.19. The van der Waals surface area contributed by atoms with E-state index in [1.165, 1.54) is 13.0 Å². The molecule has 0 saturated carbocycles. The first kappa shape index (κ1) is 17.2. The van der Waals surface area contributed by atoms with Gasteiger partial charge >= 0.3 is 5.97 Å². The van der Waals surface area contributed by atoms with E-state index in [9.17, 15) is 18.0 Å². The Morgan fingerprint density at radius 2 is 1.90 bits per heavy atom. The summed E-state index contributed by atoms with van der Waals surface area (Å²) in [6.45, 7) is 3.53. The molecular weight excluding hydrogens is 296 g/mol. The molecule has 1 rings (SSSR count). The van der Waals surface area contributed by atoms with Crippen LogP contribution in [-0.4, -0.2) is 39.6 Å². The predicted molar refractivity (Wildman–Crippen MR) is 77.1 cm³/mol. The van der Waals surface area contributed by atoms with Gasteiger partial charge in [0.1, 0.15) is 11.5 Å². The third kappa shape index (κ3) is 5.18. The van der Waals surface area contributed by atoms with Gasteiger partial charge in [-0.05, 0) is 32.0 Å². The maximum absolute atomic E-state index is 12.0. The van der Waals surface area contributed by atoms with E-state index >= 15 is 0 Å². The molecule has 0 spiro atoms. The van der Waals surface area contributed by atoms with Crippen LogP contribution in [0, 0.1) is 0 Å². The molecule has 0 amide bonds. The van der Waals surface area contributed by atoms with Gasteiger partial charge in [0.2, 0.25) is 0 Å². The van der Waals surface area contributed by atoms with Gasteiger partial charge in [0, 0.05) is 11.1 Å². The van der Waals surface area contributed by atoms with Gasteiger partial charge in [-0.3, -0.25) is 9.59 Å². The van der Waals surface area contributed by atoms with E-state index in [0.29, 0.717) is 23.5 Å². The number of carbonyl (C=O) groups excluding carboxylic acids is 2. The maximum atomic E-state index is 12.0. The highest BCUT2D eigenvalue weighted by molar-refractivity contribution is 7.91. The summed E-state index contributed by atoms with van der Waals surface area (Å²) in [5.41, 5.74) is 0.746. The molecule has 116 valence electrons. The lowest BCUT2D eigenvalue weighted by Gasteiger charge is -2.11. The molecule has 0 unspecified atom stereocenters. The summed E-state index contributed by atoms with van der Waals surface area (Å²) in [7, 11) is -2.57. The van der Waals surface area contributed by atoms with Crippen molar-refractivity contribution in [1.82, 2.24) is 0 Å². The van der Waals surface area contributed by atoms with Crippen molar-refractivity contribution in [2.75, 3.05) is 19.5 Å². The van der Waals surface area contributed by atoms with E-state index < -0.39 is 27.3 Å².